The van der Waals surface area contributed by atoms with Crippen LogP contribution in [0.25, 0.3) is 5.65 Å². The minimum atomic E-state index is 0.193. The Bertz CT molecular complexity index is 930. The second-order valence-electron chi connectivity index (χ2n) is 7.25. The van der Waals surface area contributed by atoms with Crippen LogP contribution in [0.1, 0.15) is 37.1 Å². The van der Waals surface area contributed by atoms with Gasteiger partial charge in [-0.25, -0.2) is 4.98 Å². The van der Waals surface area contributed by atoms with E-state index in [0.717, 1.165) is 48.0 Å². The van der Waals surface area contributed by atoms with Crippen molar-refractivity contribution in [1.29, 1.82) is 0 Å². The Labute approximate surface area is 173 Å². The third-order valence-corrected chi connectivity index (χ3v) is 4.88. The maximum absolute atomic E-state index is 6.10. The monoisotopic (exact) mass is 393 g/mol. The van der Waals surface area contributed by atoms with Crippen LogP contribution in [0.4, 0.5) is 0 Å². The first-order valence-corrected chi connectivity index (χ1v) is 10.2. The van der Waals surface area contributed by atoms with Gasteiger partial charge in [0.1, 0.15) is 11.4 Å². The third kappa shape index (κ3) is 5.73. The van der Waals surface area contributed by atoms with Crippen LogP contribution in [0, 0.1) is 6.92 Å². The zero-order valence-electron chi connectivity index (χ0n) is 17.8. The molecule has 0 saturated heterocycles. The van der Waals surface area contributed by atoms with Crippen LogP contribution in [0.5, 0.6) is 5.75 Å². The average Bonchev–Trinajstić information content (AvgIpc) is 3.14. The van der Waals surface area contributed by atoms with Gasteiger partial charge in [0.2, 0.25) is 0 Å². The molecule has 2 aromatic heterocycles. The van der Waals surface area contributed by atoms with Crippen LogP contribution >= 0.6 is 0 Å². The molecule has 0 aliphatic heterocycles. The molecule has 0 spiro atoms. The number of aliphatic imine (C=N–C) groups is 1. The lowest BCUT2D eigenvalue weighted by Crippen LogP contribution is -2.38. The van der Waals surface area contributed by atoms with E-state index >= 15 is 0 Å². The van der Waals surface area contributed by atoms with E-state index in [1.54, 1.807) is 7.05 Å². The zero-order valence-corrected chi connectivity index (χ0v) is 17.8. The van der Waals surface area contributed by atoms with Crippen molar-refractivity contribution in [2.45, 2.75) is 46.3 Å². The summed E-state index contributed by atoms with van der Waals surface area (Å²) in [6.07, 6.45) is 6.08. The molecule has 1 unspecified atom stereocenters. The molecule has 0 saturated carbocycles. The highest BCUT2D eigenvalue weighted by molar-refractivity contribution is 5.79. The van der Waals surface area contributed by atoms with Crippen molar-refractivity contribution in [3.05, 3.63) is 65.6 Å². The number of hydrogen-bond donors (Lipinski definition) is 2. The fourth-order valence-corrected chi connectivity index (χ4v) is 3.03. The van der Waals surface area contributed by atoms with Crippen molar-refractivity contribution < 1.29 is 4.74 Å². The van der Waals surface area contributed by atoms with Crippen LogP contribution in [0.2, 0.25) is 0 Å². The van der Waals surface area contributed by atoms with Crippen molar-refractivity contribution in [3.8, 4) is 5.75 Å². The number of aromatic nitrogens is 2. The van der Waals surface area contributed by atoms with Crippen LogP contribution in [-0.4, -0.2) is 35.0 Å². The summed E-state index contributed by atoms with van der Waals surface area (Å²) < 4.78 is 8.14. The van der Waals surface area contributed by atoms with E-state index in [4.69, 9.17) is 4.74 Å². The third-order valence-electron chi connectivity index (χ3n) is 4.88. The Morgan fingerprint density at radius 3 is 2.86 bits per heavy atom. The molecule has 0 aliphatic rings. The van der Waals surface area contributed by atoms with Crippen molar-refractivity contribution >= 4 is 11.6 Å². The molecule has 2 N–H and O–H groups in total. The molecule has 0 amide bonds. The topological polar surface area (TPSA) is 63.0 Å². The predicted molar refractivity (Wildman–Crippen MR) is 119 cm³/mol. The molecule has 6 heteroatoms. The van der Waals surface area contributed by atoms with E-state index in [1.807, 2.05) is 28.8 Å². The van der Waals surface area contributed by atoms with E-state index in [1.165, 1.54) is 5.56 Å². The highest BCUT2D eigenvalue weighted by atomic mass is 16.5. The maximum Gasteiger partial charge on any atom is 0.191 e. The first-order valence-electron chi connectivity index (χ1n) is 10.2. The van der Waals surface area contributed by atoms with Crippen molar-refractivity contribution in [1.82, 2.24) is 20.0 Å². The van der Waals surface area contributed by atoms with E-state index in [2.05, 4.69) is 65.8 Å². The van der Waals surface area contributed by atoms with Gasteiger partial charge in [-0.3, -0.25) is 4.99 Å². The molecule has 0 radical (unpaired) electrons. The lowest BCUT2D eigenvalue weighted by atomic mass is 10.1. The summed E-state index contributed by atoms with van der Waals surface area (Å²) >= 11 is 0. The Balaban J connectivity index is 1.54. The molecule has 29 heavy (non-hydrogen) atoms. The molecular weight excluding hydrogens is 362 g/mol. The minimum absolute atomic E-state index is 0.193. The lowest BCUT2D eigenvalue weighted by Gasteiger charge is -2.18. The second kappa shape index (κ2) is 9.96. The van der Waals surface area contributed by atoms with Gasteiger partial charge in [-0.2, -0.15) is 0 Å². The number of guanidine groups is 1. The summed E-state index contributed by atoms with van der Waals surface area (Å²) in [6, 6.07) is 12.3. The van der Waals surface area contributed by atoms with Crippen LogP contribution < -0.4 is 15.4 Å². The molecular formula is C23H31N5O. The highest BCUT2D eigenvalue weighted by Gasteiger charge is 2.09. The number of imidazole rings is 1. The molecule has 0 bridgehead atoms. The summed E-state index contributed by atoms with van der Waals surface area (Å²) in [5.41, 5.74) is 4.35. The Hall–Kier alpha value is -3.02. The number of rotatable bonds is 8. The second-order valence-corrected chi connectivity index (χ2v) is 7.25. The number of ether oxygens (including phenoxy) is 1. The first-order chi connectivity index (χ1) is 14.1. The van der Waals surface area contributed by atoms with Gasteiger partial charge in [-0.15, -0.1) is 0 Å². The van der Waals surface area contributed by atoms with Crippen LogP contribution in [0.15, 0.2) is 53.8 Å². The molecule has 3 aromatic rings. The summed E-state index contributed by atoms with van der Waals surface area (Å²) in [5.74, 6) is 1.70. The maximum atomic E-state index is 6.10. The van der Waals surface area contributed by atoms with Gasteiger partial charge in [0.15, 0.2) is 5.96 Å². The van der Waals surface area contributed by atoms with Gasteiger partial charge in [0, 0.05) is 44.5 Å². The smallest absolute Gasteiger partial charge is 0.191 e. The quantitative estimate of drug-likeness (QED) is 0.452. The first kappa shape index (κ1) is 20.7. The summed E-state index contributed by atoms with van der Waals surface area (Å²) in [7, 11) is 1.78. The van der Waals surface area contributed by atoms with Crippen molar-refractivity contribution in [3.63, 3.8) is 0 Å². The standard InChI is InChI=1S/C23H31N5O/c1-5-18(3)29-21-14-17(2)9-10-19(21)15-26-23(24-4)25-12-11-20-16-28-13-7-6-8-22(28)27-20/h6-10,13-14,16,18H,5,11-12,15H2,1-4H3,(H2,24,25,26). The molecule has 0 fully saturated rings. The van der Waals surface area contributed by atoms with Gasteiger partial charge < -0.3 is 19.8 Å². The number of aryl methyl sites for hydroxylation is 1. The fraction of sp³-hybridized carbons (Fsp3) is 0.391. The van der Waals surface area contributed by atoms with Gasteiger partial charge >= 0.3 is 0 Å². The molecule has 3 rings (SSSR count). The molecule has 1 atom stereocenters. The Morgan fingerprint density at radius 2 is 2.10 bits per heavy atom. The lowest BCUT2D eigenvalue weighted by molar-refractivity contribution is 0.215. The summed E-state index contributed by atoms with van der Waals surface area (Å²) in [6.45, 7) is 7.72. The van der Waals surface area contributed by atoms with Crippen molar-refractivity contribution in [2.75, 3.05) is 13.6 Å². The summed E-state index contributed by atoms with van der Waals surface area (Å²) in [4.78, 5) is 8.96. The average molecular weight is 394 g/mol. The number of benzene rings is 1. The normalized spacial score (nSPS) is 12.8. The number of nitrogens with zero attached hydrogens (tertiary/aromatic N) is 3. The molecule has 154 valence electrons. The van der Waals surface area contributed by atoms with Gasteiger partial charge in [0.05, 0.1) is 11.8 Å². The van der Waals surface area contributed by atoms with Crippen LogP contribution in [0.3, 0.4) is 0 Å². The van der Waals surface area contributed by atoms with Gasteiger partial charge in [-0.05, 0) is 44.0 Å². The van der Waals surface area contributed by atoms with E-state index < -0.39 is 0 Å². The summed E-state index contributed by atoms with van der Waals surface area (Å²) in [5, 5.41) is 6.75. The Kier molecular flexibility index (Phi) is 7.11. The van der Waals surface area contributed by atoms with Crippen molar-refractivity contribution in [2.24, 2.45) is 4.99 Å². The molecule has 1 aromatic carbocycles. The highest BCUT2D eigenvalue weighted by Crippen LogP contribution is 2.22. The zero-order chi connectivity index (χ0) is 20.6. The SMILES string of the molecule is CCC(C)Oc1cc(C)ccc1CNC(=NC)NCCc1cn2ccccc2n1. The predicted octanol–water partition coefficient (Wildman–Crippen LogP) is 3.73. The van der Waals surface area contributed by atoms with Gasteiger partial charge in [-0.1, -0.05) is 25.1 Å². The van der Waals surface area contributed by atoms with Crippen LogP contribution in [-0.2, 0) is 13.0 Å². The Morgan fingerprint density at radius 1 is 1.24 bits per heavy atom. The molecule has 0 aliphatic carbocycles. The number of fused-ring (bicyclic) bond motifs is 1. The van der Waals surface area contributed by atoms with E-state index in [0.29, 0.717) is 6.54 Å². The fourth-order valence-electron chi connectivity index (χ4n) is 3.03. The number of nitrogens with one attached hydrogen (secondary N) is 2. The van der Waals surface area contributed by atoms with E-state index in [9.17, 15) is 0 Å². The number of pyridine rings is 1. The largest absolute Gasteiger partial charge is 0.490 e. The van der Waals surface area contributed by atoms with E-state index in [-0.39, 0.29) is 6.10 Å². The molecule has 6 nitrogen and oxygen atoms in total. The molecule has 2 heterocycles. The minimum Gasteiger partial charge on any atom is -0.490 e. The van der Waals surface area contributed by atoms with Gasteiger partial charge in [0.25, 0.3) is 0 Å². The number of hydrogen-bond acceptors (Lipinski definition) is 3.